The molecule has 1 aromatic carbocycles. The van der Waals surface area contributed by atoms with Crippen LogP contribution < -0.4 is 10.7 Å². The largest absolute Gasteiger partial charge is 0.451 e. The highest BCUT2D eigenvalue weighted by Gasteiger charge is 2.34. The van der Waals surface area contributed by atoms with E-state index in [0.717, 1.165) is 11.3 Å². The number of fused-ring (bicyclic) bond motifs is 2. The molecule has 0 radical (unpaired) electrons. The maximum atomic E-state index is 12.5. The number of nitrogens with one attached hydrogen (secondary N) is 1. The van der Waals surface area contributed by atoms with E-state index in [1.807, 2.05) is 13.8 Å². The second kappa shape index (κ2) is 5.88. The summed E-state index contributed by atoms with van der Waals surface area (Å²) >= 11 is 1.16. The second-order valence-electron chi connectivity index (χ2n) is 7.16. The molecule has 0 bridgehead atoms. The third kappa shape index (κ3) is 2.94. The molecule has 7 heteroatoms. The van der Waals surface area contributed by atoms with Crippen molar-refractivity contribution in [2.24, 2.45) is 5.41 Å². The molecule has 2 aromatic heterocycles. The number of aromatic nitrogens is 1. The van der Waals surface area contributed by atoms with Crippen LogP contribution >= 0.6 is 11.3 Å². The summed E-state index contributed by atoms with van der Waals surface area (Å²) in [6, 6.07) is 7.91. The zero-order chi connectivity index (χ0) is 18.5. The van der Waals surface area contributed by atoms with Crippen LogP contribution in [0.1, 0.15) is 46.2 Å². The van der Waals surface area contributed by atoms with Crippen molar-refractivity contribution in [1.82, 2.24) is 4.98 Å². The fraction of sp³-hybridized carbons (Fsp3) is 0.263. The van der Waals surface area contributed by atoms with Crippen LogP contribution in [-0.4, -0.2) is 16.7 Å². The molecule has 6 nitrogen and oxygen atoms in total. The van der Waals surface area contributed by atoms with E-state index in [1.54, 1.807) is 24.3 Å². The molecule has 26 heavy (non-hydrogen) atoms. The number of ketones is 1. The first-order chi connectivity index (χ1) is 12.3. The first kappa shape index (κ1) is 16.7. The Labute approximate surface area is 152 Å². The summed E-state index contributed by atoms with van der Waals surface area (Å²) in [7, 11) is 0. The minimum Gasteiger partial charge on any atom is -0.451 e. The van der Waals surface area contributed by atoms with Crippen molar-refractivity contribution in [3.05, 3.63) is 56.9 Å². The zero-order valence-electron chi connectivity index (χ0n) is 14.3. The van der Waals surface area contributed by atoms with Gasteiger partial charge >= 0.3 is 0 Å². The minimum atomic E-state index is -0.564. The Kier molecular flexibility index (Phi) is 3.77. The van der Waals surface area contributed by atoms with Gasteiger partial charge in [0, 0.05) is 12.5 Å². The Morgan fingerprint density at radius 2 is 2.00 bits per heavy atom. The van der Waals surface area contributed by atoms with Gasteiger partial charge in [-0.1, -0.05) is 37.3 Å². The number of carbonyl (C=O) groups is 2. The van der Waals surface area contributed by atoms with E-state index in [-0.39, 0.29) is 22.4 Å². The van der Waals surface area contributed by atoms with Gasteiger partial charge in [-0.2, -0.15) is 0 Å². The SMILES string of the molecule is CC1(C)CC(=O)c2sc(NC(=O)c3cc(=O)c4ccccc4o3)nc2C1. The van der Waals surface area contributed by atoms with Gasteiger partial charge in [-0.05, 0) is 24.0 Å². The van der Waals surface area contributed by atoms with Crippen molar-refractivity contribution in [2.45, 2.75) is 26.7 Å². The summed E-state index contributed by atoms with van der Waals surface area (Å²) in [4.78, 5) is 41.9. The monoisotopic (exact) mass is 368 g/mol. The molecule has 0 fully saturated rings. The van der Waals surface area contributed by atoms with Crippen molar-refractivity contribution in [3.8, 4) is 0 Å². The van der Waals surface area contributed by atoms with E-state index in [9.17, 15) is 14.4 Å². The molecule has 0 saturated heterocycles. The molecule has 1 N–H and O–H groups in total. The molecule has 0 unspecified atom stereocenters. The Bertz CT molecular complexity index is 1110. The maximum absolute atomic E-state index is 12.5. The fourth-order valence-corrected chi connectivity index (χ4v) is 4.06. The molecule has 0 aliphatic heterocycles. The predicted molar refractivity (Wildman–Crippen MR) is 99.0 cm³/mol. The number of hydrogen-bond donors (Lipinski definition) is 1. The maximum Gasteiger partial charge on any atom is 0.293 e. The smallest absolute Gasteiger partial charge is 0.293 e. The average Bonchev–Trinajstić information content (AvgIpc) is 2.96. The van der Waals surface area contributed by atoms with Crippen LogP contribution in [0.2, 0.25) is 0 Å². The van der Waals surface area contributed by atoms with Gasteiger partial charge in [0.25, 0.3) is 5.91 Å². The van der Waals surface area contributed by atoms with E-state index in [1.165, 1.54) is 6.07 Å². The number of hydrogen-bond acceptors (Lipinski definition) is 6. The van der Waals surface area contributed by atoms with E-state index in [4.69, 9.17) is 4.42 Å². The third-order valence-corrected chi connectivity index (χ3v) is 5.37. The van der Waals surface area contributed by atoms with Crippen LogP contribution in [0.3, 0.4) is 0 Å². The molecule has 132 valence electrons. The molecule has 1 aliphatic carbocycles. The lowest BCUT2D eigenvalue weighted by atomic mass is 9.78. The molecular formula is C19H16N2O4S. The number of rotatable bonds is 2. The fourth-order valence-electron chi connectivity index (χ4n) is 3.15. The summed E-state index contributed by atoms with van der Waals surface area (Å²) in [6.07, 6.45) is 1.15. The lowest BCUT2D eigenvalue weighted by Gasteiger charge is -2.26. The van der Waals surface area contributed by atoms with Crippen LogP contribution in [0, 0.1) is 5.41 Å². The van der Waals surface area contributed by atoms with Crippen LogP contribution in [0.4, 0.5) is 5.13 Å². The van der Waals surface area contributed by atoms with Gasteiger partial charge in [0.05, 0.1) is 16.0 Å². The molecule has 4 rings (SSSR count). The molecule has 2 heterocycles. The lowest BCUT2D eigenvalue weighted by Crippen LogP contribution is -2.26. The summed E-state index contributed by atoms with van der Waals surface area (Å²) in [5, 5.41) is 3.39. The van der Waals surface area contributed by atoms with Crippen molar-refractivity contribution < 1.29 is 14.0 Å². The highest BCUT2D eigenvalue weighted by atomic mass is 32.1. The summed E-state index contributed by atoms with van der Waals surface area (Å²) in [5.74, 6) is -0.606. The number of amides is 1. The van der Waals surface area contributed by atoms with Gasteiger partial charge in [0.2, 0.25) is 0 Å². The van der Waals surface area contributed by atoms with Gasteiger partial charge in [-0.15, -0.1) is 0 Å². The number of para-hydroxylation sites is 1. The van der Waals surface area contributed by atoms with E-state index < -0.39 is 5.91 Å². The molecule has 1 aliphatic rings. The van der Waals surface area contributed by atoms with Crippen molar-refractivity contribution in [3.63, 3.8) is 0 Å². The van der Waals surface area contributed by atoms with Crippen molar-refractivity contribution in [2.75, 3.05) is 5.32 Å². The molecular weight excluding hydrogens is 352 g/mol. The quantitative estimate of drug-likeness (QED) is 0.746. The van der Waals surface area contributed by atoms with Crippen LogP contribution in [0.15, 0.2) is 39.5 Å². The Balaban J connectivity index is 1.64. The summed E-state index contributed by atoms with van der Waals surface area (Å²) in [6.45, 7) is 4.05. The van der Waals surface area contributed by atoms with E-state index >= 15 is 0 Å². The van der Waals surface area contributed by atoms with Crippen LogP contribution in [-0.2, 0) is 6.42 Å². The summed E-state index contributed by atoms with van der Waals surface area (Å²) in [5.41, 5.74) is 0.643. The standard InChI is InChI=1S/C19H16N2O4S/c1-19(2)8-11-16(13(23)9-19)26-18(20-11)21-17(24)15-7-12(22)10-5-3-4-6-14(10)25-15/h3-7H,8-9H2,1-2H3,(H,20,21,24). The first-order valence-corrected chi connectivity index (χ1v) is 9.01. The van der Waals surface area contributed by atoms with Crippen molar-refractivity contribution >= 4 is 39.1 Å². The van der Waals surface area contributed by atoms with Gasteiger partial charge < -0.3 is 4.42 Å². The van der Waals surface area contributed by atoms with E-state index in [2.05, 4.69) is 10.3 Å². The normalized spacial score (nSPS) is 15.7. The number of carbonyl (C=O) groups excluding carboxylic acids is 2. The van der Waals surface area contributed by atoms with Gasteiger partial charge in [0.1, 0.15) is 5.58 Å². The number of nitrogens with zero attached hydrogens (tertiary/aromatic N) is 1. The average molecular weight is 368 g/mol. The molecule has 3 aromatic rings. The highest BCUT2D eigenvalue weighted by molar-refractivity contribution is 7.17. The minimum absolute atomic E-state index is 0.0477. The topological polar surface area (TPSA) is 89.3 Å². The number of benzene rings is 1. The van der Waals surface area contributed by atoms with Crippen LogP contribution in [0.25, 0.3) is 11.0 Å². The first-order valence-electron chi connectivity index (χ1n) is 8.19. The Morgan fingerprint density at radius 3 is 2.81 bits per heavy atom. The second-order valence-corrected chi connectivity index (χ2v) is 8.16. The number of anilines is 1. The Morgan fingerprint density at radius 1 is 1.23 bits per heavy atom. The Hall–Kier alpha value is -2.80. The zero-order valence-corrected chi connectivity index (χ0v) is 15.1. The predicted octanol–water partition coefficient (Wildman–Crippen LogP) is 3.66. The van der Waals surface area contributed by atoms with Crippen LogP contribution in [0.5, 0.6) is 0 Å². The highest BCUT2D eigenvalue weighted by Crippen LogP contribution is 2.38. The van der Waals surface area contributed by atoms with Gasteiger partial charge in [-0.3, -0.25) is 19.7 Å². The van der Waals surface area contributed by atoms with E-state index in [0.29, 0.717) is 39.5 Å². The number of thiazole rings is 1. The number of Topliss-reactive ketones (excluding diaryl/α,β-unsaturated/α-hetero) is 1. The third-order valence-electron chi connectivity index (χ3n) is 4.31. The van der Waals surface area contributed by atoms with Crippen molar-refractivity contribution in [1.29, 1.82) is 0 Å². The summed E-state index contributed by atoms with van der Waals surface area (Å²) < 4.78 is 5.53. The molecule has 0 spiro atoms. The molecule has 0 saturated carbocycles. The lowest BCUT2D eigenvalue weighted by molar-refractivity contribution is 0.0915. The molecule has 0 atom stereocenters. The van der Waals surface area contributed by atoms with Gasteiger partial charge in [-0.25, -0.2) is 4.98 Å². The van der Waals surface area contributed by atoms with Gasteiger partial charge in [0.15, 0.2) is 22.1 Å². The molecule has 1 amide bonds.